The van der Waals surface area contributed by atoms with Crippen molar-refractivity contribution < 1.29 is 10.2 Å². The molecule has 0 spiro atoms. The molecular formula is C13H19NO2. The van der Waals surface area contributed by atoms with Crippen LogP contribution in [0, 0.1) is 0 Å². The van der Waals surface area contributed by atoms with Gasteiger partial charge in [-0.3, -0.25) is 0 Å². The predicted octanol–water partition coefficient (Wildman–Crippen LogP) is 1.61. The van der Waals surface area contributed by atoms with Crippen LogP contribution in [0.2, 0.25) is 0 Å². The minimum absolute atomic E-state index is 0.155. The van der Waals surface area contributed by atoms with E-state index in [1.54, 1.807) is 6.07 Å². The molecule has 1 fully saturated rings. The van der Waals surface area contributed by atoms with Gasteiger partial charge in [0.2, 0.25) is 0 Å². The van der Waals surface area contributed by atoms with Gasteiger partial charge in [0.15, 0.2) is 0 Å². The molecule has 1 aromatic rings. The van der Waals surface area contributed by atoms with Crippen molar-refractivity contribution in [2.75, 3.05) is 13.2 Å². The van der Waals surface area contributed by atoms with Crippen molar-refractivity contribution in [2.45, 2.75) is 31.2 Å². The van der Waals surface area contributed by atoms with Gasteiger partial charge in [-0.2, -0.15) is 0 Å². The summed E-state index contributed by atoms with van der Waals surface area (Å²) in [5.41, 5.74) is 0.982. The second-order valence-electron chi connectivity index (χ2n) is 4.93. The number of piperidine rings is 1. The van der Waals surface area contributed by atoms with Crippen molar-refractivity contribution in [3.63, 3.8) is 0 Å². The van der Waals surface area contributed by atoms with Gasteiger partial charge in [0.25, 0.3) is 0 Å². The number of phenols is 1. The van der Waals surface area contributed by atoms with Crippen molar-refractivity contribution in [3.05, 3.63) is 29.8 Å². The molecule has 0 saturated carbocycles. The molecular weight excluding hydrogens is 202 g/mol. The molecule has 1 aliphatic heterocycles. The topological polar surface area (TPSA) is 52.5 Å². The fourth-order valence-corrected chi connectivity index (χ4v) is 2.45. The number of hydrogen-bond donors (Lipinski definition) is 3. The maximum absolute atomic E-state index is 9.47. The number of hydrogen-bond acceptors (Lipinski definition) is 3. The van der Waals surface area contributed by atoms with E-state index in [1.165, 1.54) is 5.56 Å². The molecule has 0 radical (unpaired) electrons. The summed E-state index contributed by atoms with van der Waals surface area (Å²) in [6, 6.07) is 7.44. The molecule has 3 N–H and O–H groups in total. The van der Waals surface area contributed by atoms with E-state index in [1.807, 2.05) is 25.1 Å². The quantitative estimate of drug-likeness (QED) is 0.711. The smallest absolute Gasteiger partial charge is 0.115 e. The third-order valence-electron chi connectivity index (χ3n) is 3.43. The monoisotopic (exact) mass is 221 g/mol. The van der Waals surface area contributed by atoms with Crippen LogP contribution < -0.4 is 5.32 Å². The van der Waals surface area contributed by atoms with Gasteiger partial charge in [0.05, 0.1) is 6.61 Å². The summed E-state index contributed by atoms with van der Waals surface area (Å²) in [6.07, 6.45) is 1.96. The second-order valence-corrected chi connectivity index (χ2v) is 4.93. The highest BCUT2D eigenvalue weighted by atomic mass is 16.3. The first-order valence-electron chi connectivity index (χ1n) is 5.78. The van der Waals surface area contributed by atoms with Gasteiger partial charge in [0, 0.05) is 5.54 Å². The summed E-state index contributed by atoms with van der Waals surface area (Å²) in [5.74, 6) is 0.743. The van der Waals surface area contributed by atoms with E-state index in [0.29, 0.717) is 11.7 Å². The highest BCUT2D eigenvalue weighted by molar-refractivity contribution is 5.30. The van der Waals surface area contributed by atoms with Gasteiger partial charge in [-0.1, -0.05) is 12.1 Å². The average molecular weight is 221 g/mol. The zero-order chi connectivity index (χ0) is 11.6. The van der Waals surface area contributed by atoms with Gasteiger partial charge in [-0.15, -0.1) is 0 Å². The molecule has 0 aliphatic carbocycles. The van der Waals surface area contributed by atoms with Gasteiger partial charge in [-0.05, 0) is 49.9 Å². The van der Waals surface area contributed by atoms with E-state index in [4.69, 9.17) is 0 Å². The number of aromatic hydroxyl groups is 1. The van der Waals surface area contributed by atoms with Crippen LogP contribution in [0.25, 0.3) is 0 Å². The van der Waals surface area contributed by atoms with Gasteiger partial charge in [0.1, 0.15) is 5.75 Å². The number of nitrogens with one attached hydrogen (secondary N) is 1. The maximum atomic E-state index is 9.47. The Balaban J connectivity index is 2.16. The van der Waals surface area contributed by atoms with Crippen LogP contribution >= 0.6 is 0 Å². The highest BCUT2D eigenvalue weighted by Gasteiger charge is 2.31. The Morgan fingerprint density at radius 2 is 2.31 bits per heavy atom. The molecule has 0 aromatic heterocycles. The Bertz CT molecular complexity index is 367. The van der Waals surface area contributed by atoms with Crippen molar-refractivity contribution in [1.29, 1.82) is 0 Å². The van der Waals surface area contributed by atoms with Crippen molar-refractivity contribution >= 4 is 0 Å². The van der Waals surface area contributed by atoms with E-state index in [2.05, 4.69) is 5.32 Å². The molecule has 1 aromatic carbocycles. The molecule has 0 amide bonds. The summed E-state index contributed by atoms with van der Waals surface area (Å²) in [4.78, 5) is 0. The van der Waals surface area contributed by atoms with Gasteiger partial charge < -0.3 is 15.5 Å². The van der Waals surface area contributed by atoms with Gasteiger partial charge >= 0.3 is 0 Å². The fraction of sp³-hybridized carbons (Fsp3) is 0.538. The third kappa shape index (κ3) is 2.36. The Morgan fingerprint density at radius 1 is 1.50 bits per heavy atom. The van der Waals surface area contributed by atoms with Crippen LogP contribution in [-0.4, -0.2) is 28.9 Å². The second kappa shape index (κ2) is 4.44. The molecule has 1 saturated heterocycles. The van der Waals surface area contributed by atoms with Crippen LogP contribution in [0.5, 0.6) is 5.75 Å². The molecule has 16 heavy (non-hydrogen) atoms. The minimum Gasteiger partial charge on any atom is -0.508 e. The molecule has 2 rings (SSSR count). The van der Waals surface area contributed by atoms with E-state index in [-0.39, 0.29) is 12.1 Å². The van der Waals surface area contributed by atoms with Gasteiger partial charge in [-0.25, -0.2) is 0 Å². The SMILES string of the molecule is CC1(CO)CC(c2cccc(O)c2)CCN1. The van der Waals surface area contributed by atoms with Crippen molar-refractivity contribution in [3.8, 4) is 5.75 Å². The molecule has 88 valence electrons. The molecule has 2 atom stereocenters. The Kier molecular flexibility index (Phi) is 3.17. The number of benzene rings is 1. The lowest BCUT2D eigenvalue weighted by Gasteiger charge is -2.38. The van der Waals surface area contributed by atoms with Crippen LogP contribution in [0.3, 0.4) is 0 Å². The zero-order valence-electron chi connectivity index (χ0n) is 9.61. The Labute approximate surface area is 96.1 Å². The number of aliphatic hydroxyl groups is 1. The Morgan fingerprint density at radius 3 is 3.00 bits per heavy atom. The fourth-order valence-electron chi connectivity index (χ4n) is 2.45. The standard InChI is InChI=1S/C13H19NO2/c1-13(9-15)8-11(5-6-14-13)10-3-2-4-12(16)7-10/h2-4,7,11,14-16H,5-6,8-9H2,1H3. The Hall–Kier alpha value is -1.06. The van der Waals surface area contributed by atoms with Crippen LogP contribution in [0.1, 0.15) is 31.2 Å². The van der Waals surface area contributed by atoms with E-state index in [0.717, 1.165) is 19.4 Å². The lowest BCUT2D eigenvalue weighted by Crippen LogP contribution is -2.50. The lowest BCUT2D eigenvalue weighted by molar-refractivity contribution is 0.137. The first-order valence-corrected chi connectivity index (χ1v) is 5.78. The molecule has 1 heterocycles. The minimum atomic E-state index is -0.186. The van der Waals surface area contributed by atoms with Crippen LogP contribution in [-0.2, 0) is 0 Å². The first-order chi connectivity index (χ1) is 7.63. The molecule has 1 aliphatic rings. The number of phenolic OH excluding ortho intramolecular Hbond substituents is 1. The number of aliphatic hydroxyl groups excluding tert-OH is 1. The van der Waals surface area contributed by atoms with Crippen LogP contribution in [0.4, 0.5) is 0 Å². The normalized spacial score (nSPS) is 30.2. The zero-order valence-corrected chi connectivity index (χ0v) is 9.61. The third-order valence-corrected chi connectivity index (χ3v) is 3.43. The van der Waals surface area contributed by atoms with Crippen molar-refractivity contribution in [1.82, 2.24) is 5.32 Å². The van der Waals surface area contributed by atoms with Crippen LogP contribution in [0.15, 0.2) is 24.3 Å². The molecule has 2 unspecified atom stereocenters. The van der Waals surface area contributed by atoms with E-state index in [9.17, 15) is 10.2 Å². The molecule has 3 heteroatoms. The predicted molar refractivity (Wildman–Crippen MR) is 63.6 cm³/mol. The maximum Gasteiger partial charge on any atom is 0.115 e. The lowest BCUT2D eigenvalue weighted by atomic mass is 9.80. The summed E-state index contributed by atoms with van der Waals surface area (Å²) in [5, 5.41) is 22.2. The van der Waals surface area contributed by atoms with E-state index < -0.39 is 0 Å². The molecule has 3 nitrogen and oxygen atoms in total. The largest absolute Gasteiger partial charge is 0.508 e. The van der Waals surface area contributed by atoms with Crippen molar-refractivity contribution in [2.24, 2.45) is 0 Å². The first kappa shape index (κ1) is 11.4. The number of rotatable bonds is 2. The summed E-state index contributed by atoms with van der Waals surface area (Å²) < 4.78 is 0. The summed E-state index contributed by atoms with van der Waals surface area (Å²) in [7, 11) is 0. The molecule has 0 bridgehead atoms. The van der Waals surface area contributed by atoms with E-state index >= 15 is 0 Å². The average Bonchev–Trinajstić information content (AvgIpc) is 2.29. The summed E-state index contributed by atoms with van der Waals surface area (Å²) >= 11 is 0. The highest BCUT2D eigenvalue weighted by Crippen LogP contribution is 2.33. The summed E-state index contributed by atoms with van der Waals surface area (Å²) in [6.45, 7) is 3.11.